The highest BCUT2D eigenvalue weighted by molar-refractivity contribution is 7.07. The van der Waals surface area contributed by atoms with Gasteiger partial charge in [0.1, 0.15) is 4.53 Å². The van der Waals surface area contributed by atoms with Gasteiger partial charge in [-0.25, -0.2) is 14.6 Å². The summed E-state index contributed by atoms with van der Waals surface area (Å²) in [5, 5.41) is 0. The number of anilines is 1. The van der Waals surface area contributed by atoms with Crippen LogP contribution in [0.5, 0.6) is 0 Å². The number of amides is 1. The Kier molecular flexibility index (Phi) is 6.58. The topological polar surface area (TPSA) is 107 Å². The zero-order valence-corrected chi connectivity index (χ0v) is 22.1. The average Bonchev–Trinajstić information content (AvgIpc) is 3.39. The number of para-hydroxylation sites is 1. The van der Waals surface area contributed by atoms with E-state index in [1.165, 1.54) is 11.7 Å². The number of thiazole rings is 1. The molecule has 0 spiro atoms. The van der Waals surface area contributed by atoms with Crippen LogP contribution in [-0.2, 0) is 19.1 Å². The number of methoxy groups -OCH3 is 1. The molecule has 194 valence electrons. The molecule has 0 fully saturated rings. The standard InChI is InChI=1S/C28H25N3O6S/c1-5-30-19-10-8-7-9-18(19)21(24(30)32)23-25(33)31-22(16-11-13-17(14-12-16)26(34)36-4)20(27(35)37-6-2)15(3)29-28(31)38-23/h7-14,22H,5-6H2,1-4H3. The number of nitrogens with zero attached hydrogens (tertiary/aromatic N) is 3. The van der Waals surface area contributed by atoms with Crippen molar-refractivity contribution in [1.29, 1.82) is 0 Å². The summed E-state index contributed by atoms with van der Waals surface area (Å²) in [4.78, 5) is 59.2. The van der Waals surface area contributed by atoms with E-state index in [1.54, 1.807) is 43.0 Å². The molecule has 0 radical (unpaired) electrons. The molecule has 1 amide bonds. The van der Waals surface area contributed by atoms with Gasteiger partial charge in [0.25, 0.3) is 11.5 Å². The molecule has 1 atom stereocenters. The number of hydrogen-bond acceptors (Lipinski definition) is 8. The molecule has 1 unspecified atom stereocenters. The summed E-state index contributed by atoms with van der Waals surface area (Å²) in [6.07, 6.45) is 0. The Labute approximate surface area is 221 Å². The number of allylic oxidation sites excluding steroid dienone is 1. The fourth-order valence-electron chi connectivity index (χ4n) is 4.89. The van der Waals surface area contributed by atoms with Crippen LogP contribution >= 0.6 is 11.3 Å². The number of hydrogen-bond donors (Lipinski definition) is 0. The Morgan fingerprint density at radius 2 is 1.74 bits per heavy atom. The van der Waals surface area contributed by atoms with Gasteiger partial charge in [0, 0.05) is 12.1 Å². The molecule has 5 rings (SSSR count). The first-order chi connectivity index (χ1) is 18.3. The van der Waals surface area contributed by atoms with Crippen LogP contribution < -0.4 is 19.8 Å². The van der Waals surface area contributed by atoms with E-state index in [4.69, 9.17) is 9.47 Å². The zero-order valence-electron chi connectivity index (χ0n) is 21.3. The third-order valence-corrected chi connectivity index (χ3v) is 7.66. The largest absolute Gasteiger partial charge is 0.465 e. The van der Waals surface area contributed by atoms with Crippen molar-refractivity contribution in [2.45, 2.75) is 26.8 Å². The smallest absolute Gasteiger partial charge is 0.338 e. The first-order valence-corrected chi connectivity index (χ1v) is 13.0. The fourth-order valence-corrected chi connectivity index (χ4v) is 6.03. The number of benzene rings is 2. The Hall–Kier alpha value is -4.31. The Bertz CT molecular complexity index is 1700. The number of esters is 2. The predicted octanol–water partition coefficient (Wildman–Crippen LogP) is 2.32. The molecule has 3 heterocycles. The molecule has 10 heteroatoms. The molecule has 0 bridgehead atoms. The van der Waals surface area contributed by atoms with Gasteiger partial charge < -0.3 is 14.4 Å². The van der Waals surface area contributed by atoms with Crippen LogP contribution in [0.15, 0.2) is 69.6 Å². The van der Waals surface area contributed by atoms with Crippen LogP contribution in [0.1, 0.15) is 48.3 Å². The lowest BCUT2D eigenvalue weighted by Crippen LogP contribution is -2.41. The van der Waals surface area contributed by atoms with Gasteiger partial charge in [0.15, 0.2) is 4.80 Å². The van der Waals surface area contributed by atoms with Gasteiger partial charge in [-0.15, -0.1) is 0 Å². The summed E-state index contributed by atoms with van der Waals surface area (Å²) in [6.45, 7) is 5.88. The van der Waals surface area contributed by atoms with E-state index in [-0.39, 0.29) is 22.6 Å². The molecule has 0 aliphatic carbocycles. The summed E-state index contributed by atoms with van der Waals surface area (Å²) < 4.78 is 11.8. The fraction of sp³-hybridized carbons (Fsp3) is 0.250. The maximum atomic E-state index is 14.1. The number of fused-ring (bicyclic) bond motifs is 2. The van der Waals surface area contributed by atoms with E-state index in [1.807, 2.05) is 31.2 Å². The minimum absolute atomic E-state index is 0.149. The summed E-state index contributed by atoms with van der Waals surface area (Å²) in [7, 11) is 1.29. The van der Waals surface area contributed by atoms with Gasteiger partial charge >= 0.3 is 11.9 Å². The molecule has 2 aromatic carbocycles. The Morgan fingerprint density at radius 1 is 1.03 bits per heavy atom. The maximum absolute atomic E-state index is 14.1. The van der Waals surface area contributed by atoms with Crippen molar-refractivity contribution in [2.24, 2.45) is 4.99 Å². The van der Waals surface area contributed by atoms with E-state index < -0.39 is 23.5 Å². The quantitative estimate of drug-likeness (QED) is 0.468. The second-order valence-corrected chi connectivity index (χ2v) is 9.66. The van der Waals surface area contributed by atoms with Crippen molar-refractivity contribution < 1.29 is 23.9 Å². The second-order valence-electron chi connectivity index (χ2n) is 8.68. The van der Waals surface area contributed by atoms with E-state index >= 15 is 0 Å². The molecule has 0 N–H and O–H groups in total. The summed E-state index contributed by atoms with van der Waals surface area (Å²) in [6, 6.07) is 13.0. The molecule has 9 nitrogen and oxygen atoms in total. The summed E-state index contributed by atoms with van der Waals surface area (Å²) in [5.41, 5.74) is 2.87. The monoisotopic (exact) mass is 531 g/mol. The van der Waals surface area contributed by atoms with E-state index in [0.717, 1.165) is 17.0 Å². The summed E-state index contributed by atoms with van der Waals surface area (Å²) in [5.74, 6) is -1.34. The highest BCUT2D eigenvalue weighted by atomic mass is 32.1. The van der Waals surface area contributed by atoms with Gasteiger partial charge in [-0.2, -0.15) is 0 Å². The highest BCUT2D eigenvalue weighted by Crippen LogP contribution is 2.35. The highest BCUT2D eigenvalue weighted by Gasteiger charge is 2.37. The zero-order chi connectivity index (χ0) is 27.1. The molecule has 2 aliphatic heterocycles. The van der Waals surface area contributed by atoms with Gasteiger partial charge in [-0.1, -0.05) is 41.7 Å². The van der Waals surface area contributed by atoms with Gasteiger partial charge in [-0.05, 0) is 44.5 Å². The molecule has 38 heavy (non-hydrogen) atoms. The molecule has 2 aliphatic rings. The predicted molar refractivity (Wildman–Crippen MR) is 142 cm³/mol. The molecular formula is C28H25N3O6S. The van der Waals surface area contributed by atoms with Crippen molar-refractivity contribution in [3.63, 3.8) is 0 Å². The number of ether oxygens (including phenoxy) is 2. The van der Waals surface area contributed by atoms with Crippen LogP contribution in [-0.4, -0.2) is 42.7 Å². The first-order valence-electron chi connectivity index (χ1n) is 12.1. The normalized spacial score (nSPS) is 17.6. The van der Waals surface area contributed by atoms with Crippen LogP contribution in [0, 0.1) is 0 Å². The van der Waals surface area contributed by atoms with Crippen LogP contribution in [0.2, 0.25) is 0 Å². The van der Waals surface area contributed by atoms with Crippen molar-refractivity contribution >= 4 is 40.4 Å². The molecule has 0 saturated heterocycles. The van der Waals surface area contributed by atoms with Crippen molar-refractivity contribution in [1.82, 2.24) is 4.57 Å². The van der Waals surface area contributed by atoms with Crippen LogP contribution in [0.4, 0.5) is 5.69 Å². The third kappa shape index (κ3) is 3.88. The Morgan fingerprint density at radius 3 is 2.39 bits per heavy atom. The number of rotatable bonds is 5. The van der Waals surface area contributed by atoms with Crippen molar-refractivity contribution in [3.05, 3.63) is 96.2 Å². The summed E-state index contributed by atoms with van der Waals surface area (Å²) >= 11 is 1.12. The van der Waals surface area contributed by atoms with Gasteiger partial charge in [0.05, 0.1) is 47.9 Å². The van der Waals surface area contributed by atoms with E-state index in [0.29, 0.717) is 39.3 Å². The van der Waals surface area contributed by atoms with Gasteiger partial charge in [0.2, 0.25) is 0 Å². The average molecular weight is 532 g/mol. The minimum Gasteiger partial charge on any atom is -0.465 e. The molecule has 1 aromatic heterocycles. The minimum atomic E-state index is -0.861. The van der Waals surface area contributed by atoms with E-state index in [9.17, 15) is 19.2 Å². The lowest BCUT2D eigenvalue weighted by atomic mass is 9.95. The molecule has 0 saturated carbocycles. The first kappa shape index (κ1) is 25.3. The van der Waals surface area contributed by atoms with Crippen molar-refractivity contribution in [2.75, 3.05) is 25.2 Å². The lowest BCUT2D eigenvalue weighted by molar-refractivity contribution is -0.139. The van der Waals surface area contributed by atoms with E-state index in [2.05, 4.69) is 4.99 Å². The van der Waals surface area contributed by atoms with Crippen molar-refractivity contribution in [3.8, 4) is 0 Å². The van der Waals surface area contributed by atoms with Crippen LogP contribution in [0.3, 0.4) is 0 Å². The van der Waals surface area contributed by atoms with Crippen LogP contribution in [0.25, 0.3) is 5.57 Å². The number of likely N-dealkylation sites (N-methyl/N-ethyl adjacent to an activating group) is 1. The lowest BCUT2D eigenvalue weighted by Gasteiger charge is -2.24. The number of carbonyl (C=O) groups is 3. The Balaban J connectivity index is 1.79. The number of carbonyl (C=O) groups excluding carboxylic acids is 3. The number of aromatic nitrogens is 1. The maximum Gasteiger partial charge on any atom is 0.338 e. The SMILES string of the molecule is CCOC(=O)C1=C(C)N=c2sc(=C3C(=O)N(CC)c4ccccc43)c(=O)n2C1c1ccc(C(=O)OC)cc1. The second kappa shape index (κ2) is 9.86. The molecule has 3 aromatic rings. The molecular weight excluding hydrogens is 506 g/mol. The van der Waals surface area contributed by atoms with Gasteiger partial charge in [-0.3, -0.25) is 14.2 Å². The third-order valence-electron chi connectivity index (χ3n) is 6.61.